The van der Waals surface area contributed by atoms with E-state index in [1.54, 1.807) is 0 Å². The van der Waals surface area contributed by atoms with Crippen LogP contribution in [-0.2, 0) is 11.2 Å². The molecule has 1 aliphatic carbocycles. The van der Waals surface area contributed by atoms with Crippen molar-refractivity contribution in [1.82, 2.24) is 4.90 Å². The molecule has 30 heavy (non-hydrogen) atoms. The van der Waals surface area contributed by atoms with Crippen molar-refractivity contribution in [3.8, 4) is 5.75 Å². The Labute approximate surface area is 180 Å². The molecule has 1 amide bonds. The predicted octanol–water partition coefficient (Wildman–Crippen LogP) is 2.33. The maximum absolute atomic E-state index is 13.1. The van der Waals surface area contributed by atoms with Gasteiger partial charge in [0.2, 0.25) is 0 Å². The Morgan fingerprint density at radius 3 is 2.67 bits per heavy atom. The molecule has 2 aliphatic rings. The van der Waals surface area contributed by atoms with Gasteiger partial charge in [0.25, 0.3) is 5.91 Å². The van der Waals surface area contributed by atoms with Gasteiger partial charge in [0, 0.05) is 7.05 Å². The summed E-state index contributed by atoms with van der Waals surface area (Å²) in [5, 5.41) is 0. The maximum atomic E-state index is 13.1. The molecule has 1 heterocycles. The first-order chi connectivity index (χ1) is 14.7. The third-order valence-corrected chi connectivity index (χ3v) is 6.58. The standard InChI is InChI=1S/C25H33N3O2/c1-3-30-24-14-7-6-12-23(24)28-17-15-27(16-18-28)19-25(29)26(2)22-13-8-10-20-9-4-5-11-21(20)22/h4-7,9,11-12,14,22H,3,8,10,13,15-19H2,1-2H3/p+1/t22-/m1/s1. The van der Waals surface area contributed by atoms with Gasteiger partial charge in [-0.2, -0.15) is 0 Å². The third kappa shape index (κ3) is 4.46. The zero-order chi connectivity index (χ0) is 20.9. The van der Waals surface area contributed by atoms with E-state index < -0.39 is 0 Å². The molecule has 2 aromatic carbocycles. The van der Waals surface area contributed by atoms with Crippen molar-refractivity contribution in [1.29, 1.82) is 0 Å². The molecule has 0 spiro atoms. The number of quaternary nitrogens is 1. The Morgan fingerprint density at radius 2 is 1.87 bits per heavy atom. The summed E-state index contributed by atoms with van der Waals surface area (Å²) in [4.78, 5) is 18.8. The van der Waals surface area contributed by atoms with Gasteiger partial charge < -0.3 is 19.4 Å². The van der Waals surface area contributed by atoms with Crippen LogP contribution >= 0.6 is 0 Å². The largest absolute Gasteiger partial charge is 0.492 e. The monoisotopic (exact) mass is 408 g/mol. The third-order valence-electron chi connectivity index (χ3n) is 6.58. The molecule has 2 aromatic rings. The number of ether oxygens (including phenoxy) is 1. The van der Waals surface area contributed by atoms with Gasteiger partial charge in [0.1, 0.15) is 5.75 Å². The minimum atomic E-state index is 0.223. The van der Waals surface area contributed by atoms with Crippen LogP contribution in [0.15, 0.2) is 48.5 Å². The van der Waals surface area contributed by atoms with E-state index in [4.69, 9.17) is 4.74 Å². The Kier molecular flexibility index (Phi) is 6.58. The number of nitrogens with zero attached hydrogens (tertiary/aromatic N) is 2. The SMILES string of the molecule is CCOc1ccccc1N1CC[NH+](CC(=O)N(C)[C@@H]2CCCc3ccccc32)CC1. The molecule has 1 fully saturated rings. The lowest BCUT2D eigenvalue weighted by Gasteiger charge is -2.36. The summed E-state index contributed by atoms with van der Waals surface area (Å²) in [5.41, 5.74) is 3.91. The Bertz CT molecular complexity index is 861. The summed E-state index contributed by atoms with van der Waals surface area (Å²) >= 11 is 0. The molecule has 0 bridgehead atoms. The van der Waals surface area contributed by atoms with Crippen LogP contribution in [0.2, 0.25) is 0 Å². The van der Waals surface area contributed by atoms with Gasteiger partial charge in [0.15, 0.2) is 6.54 Å². The second-order valence-electron chi connectivity index (χ2n) is 8.43. The van der Waals surface area contributed by atoms with E-state index in [0.29, 0.717) is 13.2 Å². The van der Waals surface area contributed by atoms with Crippen molar-refractivity contribution in [2.45, 2.75) is 32.2 Å². The molecule has 1 aliphatic heterocycles. The van der Waals surface area contributed by atoms with Crippen molar-refractivity contribution in [3.05, 3.63) is 59.7 Å². The van der Waals surface area contributed by atoms with Crippen molar-refractivity contribution in [2.75, 3.05) is 51.3 Å². The van der Waals surface area contributed by atoms with Crippen LogP contribution in [0.5, 0.6) is 5.75 Å². The quantitative estimate of drug-likeness (QED) is 0.797. The van der Waals surface area contributed by atoms with Crippen molar-refractivity contribution in [3.63, 3.8) is 0 Å². The van der Waals surface area contributed by atoms with Gasteiger partial charge in [-0.15, -0.1) is 0 Å². The summed E-state index contributed by atoms with van der Waals surface area (Å²) in [6.45, 7) is 7.11. The second kappa shape index (κ2) is 9.52. The highest BCUT2D eigenvalue weighted by molar-refractivity contribution is 5.77. The summed E-state index contributed by atoms with van der Waals surface area (Å²) in [7, 11) is 1.99. The topological polar surface area (TPSA) is 37.2 Å². The molecule has 4 rings (SSSR count). The highest BCUT2D eigenvalue weighted by atomic mass is 16.5. The predicted molar refractivity (Wildman–Crippen MR) is 120 cm³/mol. The number of piperazine rings is 1. The number of amides is 1. The van der Waals surface area contributed by atoms with E-state index in [0.717, 1.165) is 51.2 Å². The number of aryl methyl sites for hydroxylation is 1. The number of carbonyl (C=O) groups excluding carboxylic acids is 1. The van der Waals surface area contributed by atoms with Crippen molar-refractivity contribution in [2.24, 2.45) is 0 Å². The van der Waals surface area contributed by atoms with Gasteiger partial charge in [-0.05, 0) is 49.4 Å². The number of hydrogen-bond donors (Lipinski definition) is 1. The normalized spacial score (nSPS) is 19.3. The minimum absolute atomic E-state index is 0.223. The minimum Gasteiger partial charge on any atom is -0.492 e. The smallest absolute Gasteiger partial charge is 0.278 e. The maximum Gasteiger partial charge on any atom is 0.278 e. The number of fused-ring (bicyclic) bond motifs is 1. The highest BCUT2D eigenvalue weighted by Gasteiger charge is 2.30. The van der Waals surface area contributed by atoms with Crippen LogP contribution in [0.4, 0.5) is 5.69 Å². The number of nitrogens with one attached hydrogen (secondary N) is 1. The molecule has 160 valence electrons. The lowest BCUT2D eigenvalue weighted by molar-refractivity contribution is -0.892. The van der Waals surface area contributed by atoms with Gasteiger partial charge >= 0.3 is 0 Å². The van der Waals surface area contributed by atoms with Crippen LogP contribution in [-0.4, -0.2) is 57.2 Å². The van der Waals surface area contributed by atoms with Crippen LogP contribution in [0.1, 0.15) is 36.9 Å². The van der Waals surface area contributed by atoms with Crippen molar-refractivity contribution < 1.29 is 14.4 Å². The van der Waals surface area contributed by atoms with Crippen LogP contribution < -0.4 is 14.5 Å². The molecular weight excluding hydrogens is 374 g/mol. The Morgan fingerprint density at radius 1 is 1.13 bits per heavy atom. The number of hydrogen-bond acceptors (Lipinski definition) is 3. The highest BCUT2D eigenvalue weighted by Crippen LogP contribution is 2.33. The average molecular weight is 409 g/mol. The molecule has 5 nitrogen and oxygen atoms in total. The first-order valence-electron chi connectivity index (χ1n) is 11.3. The molecule has 1 atom stereocenters. The molecule has 5 heteroatoms. The number of para-hydroxylation sites is 2. The molecule has 1 N–H and O–H groups in total. The summed E-state index contributed by atoms with van der Waals surface area (Å²) in [6, 6.07) is 17.1. The summed E-state index contributed by atoms with van der Waals surface area (Å²) in [6.07, 6.45) is 3.35. The molecular formula is C25H34N3O2+. The van der Waals surface area contributed by atoms with Crippen LogP contribution in [0.25, 0.3) is 0 Å². The van der Waals surface area contributed by atoms with E-state index in [-0.39, 0.29) is 11.9 Å². The fraction of sp³-hybridized carbons (Fsp3) is 0.480. The van der Waals surface area contributed by atoms with Gasteiger partial charge in [0.05, 0.1) is 44.5 Å². The second-order valence-corrected chi connectivity index (χ2v) is 8.43. The Balaban J connectivity index is 1.34. The van der Waals surface area contributed by atoms with Gasteiger partial charge in [-0.1, -0.05) is 36.4 Å². The summed E-state index contributed by atoms with van der Waals surface area (Å²) < 4.78 is 5.80. The molecule has 0 radical (unpaired) electrons. The first-order valence-corrected chi connectivity index (χ1v) is 11.3. The number of benzene rings is 2. The fourth-order valence-corrected chi connectivity index (χ4v) is 4.88. The number of rotatable bonds is 6. The van der Waals surface area contributed by atoms with Gasteiger partial charge in [-0.3, -0.25) is 4.79 Å². The summed E-state index contributed by atoms with van der Waals surface area (Å²) in [5.74, 6) is 1.21. The zero-order valence-electron chi connectivity index (χ0n) is 18.3. The van der Waals surface area contributed by atoms with Crippen LogP contribution in [0, 0.1) is 0 Å². The lowest BCUT2D eigenvalue weighted by atomic mass is 9.87. The molecule has 1 saturated heterocycles. The lowest BCUT2D eigenvalue weighted by Crippen LogP contribution is -3.15. The van der Waals surface area contributed by atoms with E-state index in [2.05, 4.69) is 41.3 Å². The number of carbonyl (C=O) groups is 1. The number of likely N-dealkylation sites (N-methyl/N-ethyl adjacent to an activating group) is 1. The zero-order valence-corrected chi connectivity index (χ0v) is 18.3. The van der Waals surface area contributed by atoms with Crippen LogP contribution in [0.3, 0.4) is 0 Å². The Hall–Kier alpha value is -2.53. The average Bonchev–Trinajstić information content (AvgIpc) is 2.79. The van der Waals surface area contributed by atoms with Crippen molar-refractivity contribution >= 4 is 11.6 Å². The van der Waals surface area contributed by atoms with E-state index >= 15 is 0 Å². The molecule has 0 unspecified atom stereocenters. The molecule has 0 aromatic heterocycles. The van der Waals surface area contributed by atoms with Gasteiger partial charge in [-0.25, -0.2) is 0 Å². The number of anilines is 1. The fourth-order valence-electron chi connectivity index (χ4n) is 4.88. The van der Waals surface area contributed by atoms with E-state index in [1.807, 2.05) is 31.0 Å². The van der Waals surface area contributed by atoms with E-state index in [9.17, 15) is 4.79 Å². The molecule has 0 saturated carbocycles. The van der Waals surface area contributed by atoms with E-state index in [1.165, 1.54) is 21.7 Å². The first kappa shape index (κ1) is 20.7.